The molecular weight excluding hydrogens is 652 g/mol. The Morgan fingerprint density at radius 3 is 1.98 bits per heavy atom. The van der Waals surface area contributed by atoms with Crippen molar-refractivity contribution < 1.29 is 39.9 Å². The number of benzene rings is 4. The number of aromatic nitrogens is 2. The highest BCUT2D eigenvalue weighted by Gasteiger charge is 2.38. The van der Waals surface area contributed by atoms with Gasteiger partial charge in [-0.1, -0.05) is 50.1 Å². The number of alkyl halides is 2. The van der Waals surface area contributed by atoms with Gasteiger partial charge < -0.3 is 4.74 Å². The summed E-state index contributed by atoms with van der Waals surface area (Å²) in [4.78, 5) is 8.73. The van der Waals surface area contributed by atoms with Gasteiger partial charge in [0.1, 0.15) is 29.0 Å². The second-order valence-electron chi connectivity index (χ2n) is 11.4. The van der Waals surface area contributed by atoms with Crippen LogP contribution in [-0.2, 0) is 19.0 Å². The van der Waals surface area contributed by atoms with E-state index >= 15 is 4.39 Å². The van der Waals surface area contributed by atoms with E-state index in [4.69, 9.17) is 0 Å². The second kappa shape index (κ2) is 15.4. The van der Waals surface area contributed by atoms with E-state index in [1.807, 2.05) is 12.4 Å². The summed E-state index contributed by atoms with van der Waals surface area (Å²) in [5.74, 6) is -7.99. The van der Waals surface area contributed by atoms with E-state index in [0.717, 1.165) is 67.6 Å². The largest absolute Gasteiger partial charge is 0.429 e. The van der Waals surface area contributed by atoms with Gasteiger partial charge in [0, 0.05) is 36.0 Å². The van der Waals surface area contributed by atoms with Crippen LogP contribution in [0.2, 0.25) is 0 Å². The standard InChI is InChI=1S/C38H30F8N2O/c1-2-3-4-8-24-21-47-36(48-22-24)9-6-5-7-23-10-15-30(33(41)16-23)38(45,46)49-27-12-14-28(32(40)20-27)25-11-13-29(31(39)17-25)26-18-34(42)37(44)35(43)19-26/h5,7,10-22H,2-4,6,8-9H2,1H3. The molecule has 0 bridgehead atoms. The first-order chi connectivity index (χ1) is 23.4. The molecule has 1 aromatic heterocycles. The molecule has 0 fully saturated rings. The summed E-state index contributed by atoms with van der Waals surface area (Å²) in [6.45, 7) is 2.14. The zero-order chi connectivity index (χ0) is 35.1. The van der Waals surface area contributed by atoms with Crippen molar-refractivity contribution in [3.63, 3.8) is 0 Å². The van der Waals surface area contributed by atoms with Gasteiger partial charge in [0.25, 0.3) is 0 Å². The highest BCUT2D eigenvalue weighted by atomic mass is 19.3. The molecule has 0 amide bonds. The molecule has 1 heterocycles. The zero-order valence-electron chi connectivity index (χ0n) is 26.2. The van der Waals surface area contributed by atoms with E-state index in [1.54, 1.807) is 12.2 Å². The lowest BCUT2D eigenvalue weighted by molar-refractivity contribution is -0.187. The normalized spacial score (nSPS) is 11.8. The van der Waals surface area contributed by atoms with E-state index in [1.165, 1.54) is 12.1 Å². The van der Waals surface area contributed by atoms with Gasteiger partial charge >= 0.3 is 6.11 Å². The minimum atomic E-state index is -4.17. The number of nitrogens with zero attached hydrogens (tertiary/aromatic N) is 2. The van der Waals surface area contributed by atoms with Gasteiger partial charge in [-0.25, -0.2) is 36.3 Å². The van der Waals surface area contributed by atoms with Crippen LogP contribution in [0, 0.1) is 34.9 Å². The van der Waals surface area contributed by atoms with Crippen LogP contribution in [0.1, 0.15) is 55.1 Å². The lowest BCUT2D eigenvalue weighted by Crippen LogP contribution is -2.23. The number of hydrogen-bond donors (Lipinski definition) is 0. The number of hydrogen-bond acceptors (Lipinski definition) is 3. The van der Waals surface area contributed by atoms with E-state index in [9.17, 15) is 30.7 Å². The van der Waals surface area contributed by atoms with Gasteiger partial charge in [0.2, 0.25) is 0 Å². The number of rotatable bonds is 13. The third-order valence-corrected chi connectivity index (χ3v) is 7.74. The molecule has 0 saturated carbocycles. The predicted octanol–water partition coefficient (Wildman–Crippen LogP) is 11.2. The van der Waals surface area contributed by atoms with Crippen molar-refractivity contribution in [1.82, 2.24) is 9.97 Å². The number of allylic oxidation sites excluding steroid dienone is 1. The maximum absolute atomic E-state index is 15.0. The van der Waals surface area contributed by atoms with E-state index < -0.39 is 52.3 Å². The van der Waals surface area contributed by atoms with Gasteiger partial charge in [0.05, 0.1) is 5.56 Å². The molecule has 11 heteroatoms. The van der Waals surface area contributed by atoms with Gasteiger partial charge in [0.15, 0.2) is 17.5 Å². The fraction of sp³-hybridized carbons (Fsp3) is 0.211. The highest BCUT2D eigenvalue weighted by molar-refractivity contribution is 5.72. The van der Waals surface area contributed by atoms with Crippen molar-refractivity contribution in [3.05, 3.63) is 143 Å². The number of halogens is 8. The molecule has 0 spiro atoms. The summed E-state index contributed by atoms with van der Waals surface area (Å²) < 4.78 is 120. The first-order valence-corrected chi connectivity index (χ1v) is 15.5. The molecule has 0 N–H and O–H groups in total. The monoisotopic (exact) mass is 682 g/mol. The number of aryl methyl sites for hydroxylation is 2. The number of ether oxygens (including phenoxy) is 1. The van der Waals surface area contributed by atoms with Gasteiger partial charge in [-0.05, 0) is 84.0 Å². The SMILES string of the molecule is CCCCCc1cnc(CCC=Cc2ccc(C(F)(F)Oc3ccc(-c4ccc(-c5cc(F)c(F)c(F)c5)c(F)c4)c(F)c3)c(F)c2)nc1. The Labute approximate surface area is 277 Å². The minimum Gasteiger partial charge on any atom is -0.429 e. The lowest BCUT2D eigenvalue weighted by Gasteiger charge is -2.19. The summed E-state index contributed by atoms with van der Waals surface area (Å²) >= 11 is 0. The fourth-order valence-electron chi connectivity index (χ4n) is 5.15. The molecule has 0 atom stereocenters. The third kappa shape index (κ3) is 8.70. The summed E-state index contributed by atoms with van der Waals surface area (Å²) in [7, 11) is 0. The Hall–Kier alpha value is -5.06. The molecule has 0 aliphatic rings. The average molecular weight is 683 g/mol. The average Bonchev–Trinajstić information content (AvgIpc) is 3.06. The topological polar surface area (TPSA) is 35.0 Å². The van der Waals surface area contributed by atoms with Crippen molar-refractivity contribution in [3.8, 4) is 28.0 Å². The van der Waals surface area contributed by atoms with Gasteiger partial charge in [-0.2, -0.15) is 8.78 Å². The van der Waals surface area contributed by atoms with Crippen LogP contribution in [0.15, 0.2) is 85.2 Å². The van der Waals surface area contributed by atoms with E-state index in [2.05, 4.69) is 21.6 Å². The van der Waals surface area contributed by atoms with Crippen molar-refractivity contribution in [2.75, 3.05) is 0 Å². The molecule has 5 aromatic rings. The summed E-state index contributed by atoms with van der Waals surface area (Å²) in [5, 5.41) is 0. The highest BCUT2D eigenvalue weighted by Crippen LogP contribution is 2.36. The molecule has 254 valence electrons. The Morgan fingerprint density at radius 2 is 1.33 bits per heavy atom. The summed E-state index contributed by atoms with van der Waals surface area (Å²) in [6.07, 6.45) is 8.19. The summed E-state index contributed by atoms with van der Waals surface area (Å²) in [5.41, 5.74) is -0.439. The molecule has 49 heavy (non-hydrogen) atoms. The quantitative estimate of drug-likeness (QED) is 0.0704. The predicted molar refractivity (Wildman–Crippen MR) is 171 cm³/mol. The molecule has 3 nitrogen and oxygen atoms in total. The second-order valence-corrected chi connectivity index (χ2v) is 11.4. The molecule has 0 aliphatic carbocycles. The molecule has 0 aliphatic heterocycles. The Kier molecular flexibility index (Phi) is 11.1. The Balaban J connectivity index is 1.21. The Bertz CT molecular complexity index is 1940. The van der Waals surface area contributed by atoms with Crippen molar-refractivity contribution in [1.29, 1.82) is 0 Å². The van der Waals surface area contributed by atoms with Crippen LogP contribution in [0.25, 0.3) is 28.3 Å². The molecule has 0 saturated heterocycles. The smallest absolute Gasteiger partial charge is 0.429 e. The fourth-order valence-corrected chi connectivity index (χ4v) is 5.15. The van der Waals surface area contributed by atoms with Gasteiger partial charge in [-0.15, -0.1) is 0 Å². The van der Waals surface area contributed by atoms with Crippen LogP contribution >= 0.6 is 0 Å². The van der Waals surface area contributed by atoms with Crippen LogP contribution in [-0.4, -0.2) is 9.97 Å². The van der Waals surface area contributed by atoms with E-state index in [0.29, 0.717) is 42.4 Å². The molecule has 4 aromatic carbocycles. The maximum atomic E-state index is 15.0. The summed E-state index contributed by atoms with van der Waals surface area (Å²) in [6, 6.07) is 10.2. The van der Waals surface area contributed by atoms with Gasteiger partial charge in [-0.3, -0.25) is 0 Å². The zero-order valence-corrected chi connectivity index (χ0v) is 26.2. The van der Waals surface area contributed by atoms with Crippen LogP contribution in [0.3, 0.4) is 0 Å². The first-order valence-electron chi connectivity index (χ1n) is 15.5. The Morgan fingerprint density at radius 1 is 0.673 bits per heavy atom. The van der Waals surface area contributed by atoms with Crippen LogP contribution in [0.5, 0.6) is 5.75 Å². The maximum Gasteiger partial charge on any atom is 0.429 e. The van der Waals surface area contributed by atoms with Crippen LogP contribution in [0.4, 0.5) is 35.1 Å². The van der Waals surface area contributed by atoms with Crippen molar-refractivity contribution in [2.45, 2.75) is 51.6 Å². The molecule has 5 rings (SSSR count). The third-order valence-electron chi connectivity index (χ3n) is 7.74. The van der Waals surface area contributed by atoms with Crippen LogP contribution < -0.4 is 4.74 Å². The van der Waals surface area contributed by atoms with Crippen molar-refractivity contribution in [2.24, 2.45) is 0 Å². The van der Waals surface area contributed by atoms with E-state index in [-0.39, 0.29) is 22.3 Å². The molecule has 0 radical (unpaired) electrons. The lowest BCUT2D eigenvalue weighted by atomic mass is 9.99. The van der Waals surface area contributed by atoms with Crippen molar-refractivity contribution >= 4 is 6.08 Å². The molecular formula is C38H30F8N2O. The minimum absolute atomic E-state index is 0.0296. The number of unbranched alkanes of at least 4 members (excludes halogenated alkanes) is 2. The molecule has 0 unspecified atom stereocenters. The first kappa shape index (κ1) is 35.3.